The highest BCUT2D eigenvalue weighted by Crippen LogP contribution is 2.73. The largest absolute Gasteiger partial charge is 0.309 e. The fourth-order valence-electron chi connectivity index (χ4n) is 5.69. The predicted molar refractivity (Wildman–Crippen MR) is 161 cm³/mol. The fourth-order valence-corrected chi connectivity index (χ4v) is 9.56. The van der Waals surface area contributed by atoms with E-state index in [1.165, 1.54) is 47.1 Å². The van der Waals surface area contributed by atoms with Crippen molar-refractivity contribution in [3.63, 3.8) is 0 Å². The summed E-state index contributed by atoms with van der Waals surface area (Å²) in [6.45, 7) is 0. The zero-order valence-electron chi connectivity index (χ0n) is 20.9. The van der Waals surface area contributed by atoms with Gasteiger partial charge in [-0.15, -0.1) is 10.0 Å². The topological polar surface area (TPSA) is 4.93 Å². The van der Waals surface area contributed by atoms with Crippen LogP contribution < -0.4 is 0 Å². The van der Waals surface area contributed by atoms with Crippen molar-refractivity contribution < 1.29 is 0 Å². The Bertz CT molecular complexity index is 1690. The van der Waals surface area contributed by atoms with Crippen LogP contribution in [-0.2, 0) is 0 Å². The van der Waals surface area contributed by atoms with Crippen molar-refractivity contribution in [1.82, 2.24) is 4.57 Å². The molecule has 6 aromatic carbocycles. The van der Waals surface area contributed by atoms with Gasteiger partial charge in [-0.1, -0.05) is 91.0 Å². The van der Waals surface area contributed by atoms with Crippen LogP contribution in [0.25, 0.3) is 27.5 Å². The number of benzene rings is 6. The molecule has 0 unspecified atom stereocenters. The van der Waals surface area contributed by atoms with Gasteiger partial charge in [0.1, 0.15) is 0 Å². The van der Waals surface area contributed by atoms with Gasteiger partial charge >= 0.3 is 0 Å². The molecule has 0 saturated carbocycles. The standard InChI is InChI=1S/C36H27NS/c1-4-14-29(15-5-1)38(30-16-6-2-7-17-30,31-18-8-3-9-19-31)32-26-24-28(25-27-32)37-35-22-12-10-20-33(35)34-21-11-13-23-36(34)37/h1-27H. The second kappa shape index (κ2) is 9.41. The zero-order valence-corrected chi connectivity index (χ0v) is 21.8. The van der Waals surface area contributed by atoms with Gasteiger partial charge in [0.05, 0.1) is 11.0 Å². The van der Waals surface area contributed by atoms with Gasteiger partial charge < -0.3 is 4.57 Å². The Labute approximate surface area is 225 Å². The Morgan fingerprint density at radius 3 is 1.08 bits per heavy atom. The maximum atomic E-state index is 2.39. The summed E-state index contributed by atoms with van der Waals surface area (Å²) in [7, 11) is -1.69. The van der Waals surface area contributed by atoms with Gasteiger partial charge in [0.25, 0.3) is 0 Å². The average Bonchev–Trinajstić information content (AvgIpc) is 3.34. The third-order valence-electron chi connectivity index (χ3n) is 7.32. The highest BCUT2D eigenvalue weighted by atomic mass is 32.3. The van der Waals surface area contributed by atoms with E-state index in [0.29, 0.717) is 0 Å². The number of nitrogens with zero attached hydrogens (tertiary/aromatic N) is 1. The molecule has 1 aromatic heterocycles. The predicted octanol–water partition coefficient (Wildman–Crippen LogP) is 10.1. The normalized spacial score (nSPS) is 12.1. The monoisotopic (exact) mass is 505 g/mol. The number of hydrogen-bond acceptors (Lipinski definition) is 0. The summed E-state index contributed by atoms with van der Waals surface area (Å²) < 4.78 is 2.39. The number of rotatable bonds is 5. The molecule has 0 aliphatic rings. The van der Waals surface area contributed by atoms with E-state index in [2.05, 4.69) is 168 Å². The summed E-state index contributed by atoms with van der Waals surface area (Å²) in [5.41, 5.74) is 3.64. The van der Waals surface area contributed by atoms with E-state index in [0.717, 1.165) is 0 Å². The van der Waals surface area contributed by atoms with Gasteiger partial charge in [-0.25, -0.2) is 0 Å². The van der Waals surface area contributed by atoms with Gasteiger partial charge in [0, 0.05) is 36.0 Å². The number of para-hydroxylation sites is 2. The van der Waals surface area contributed by atoms with Gasteiger partial charge in [0.15, 0.2) is 0 Å². The van der Waals surface area contributed by atoms with E-state index in [-0.39, 0.29) is 0 Å². The first-order chi connectivity index (χ1) is 18.9. The molecule has 0 saturated heterocycles. The van der Waals surface area contributed by atoms with Crippen LogP contribution in [0, 0.1) is 0 Å². The number of fused-ring (bicyclic) bond motifs is 3. The molecule has 0 spiro atoms. The van der Waals surface area contributed by atoms with Crippen molar-refractivity contribution in [2.24, 2.45) is 0 Å². The second-order valence-corrected chi connectivity index (χ2v) is 12.5. The first kappa shape index (κ1) is 22.7. The van der Waals surface area contributed by atoms with E-state index in [1.54, 1.807) is 0 Å². The SMILES string of the molecule is c1ccc(S(c2ccccc2)(c2ccccc2)c2ccc(-n3c4ccccc4c4ccccc43)cc2)cc1. The zero-order chi connectivity index (χ0) is 25.4. The van der Waals surface area contributed by atoms with Crippen LogP contribution in [-0.4, -0.2) is 4.57 Å². The fraction of sp³-hybridized carbons (Fsp3) is 0. The van der Waals surface area contributed by atoms with Crippen molar-refractivity contribution in [2.75, 3.05) is 0 Å². The quantitative estimate of drug-likeness (QED) is 0.219. The van der Waals surface area contributed by atoms with Crippen molar-refractivity contribution in [3.05, 3.63) is 164 Å². The van der Waals surface area contributed by atoms with E-state index in [9.17, 15) is 0 Å². The van der Waals surface area contributed by atoms with Crippen molar-refractivity contribution >= 4 is 31.8 Å². The lowest BCUT2D eigenvalue weighted by Crippen LogP contribution is -2.05. The molecule has 182 valence electrons. The lowest BCUT2D eigenvalue weighted by molar-refractivity contribution is 1.16. The Kier molecular flexibility index (Phi) is 5.61. The minimum absolute atomic E-state index is 1.17. The molecule has 0 aliphatic heterocycles. The Morgan fingerprint density at radius 1 is 0.316 bits per heavy atom. The molecule has 0 aliphatic carbocycles. The smallest absolute Gasteiger partial charge is 0.0541 e. The number of hydrogen-bond donors (Lipinski definition) is 0. The average molecular weight is 506 g/mol. The molecule has 0 fully saturated rings. The summed E-state index contributed by atoms with van der Waals surface area (Å²) in [6, 6.07) is 59.7. The molecule has 0 radical (unpaired) electrons. The maximum Gasteiger partial charge on any atom is 0.0541 e. The van der Waals surface area contributed by atoms with Gasteiger partial charge in [-0.05, 0) is 72.8 Å². The van der Waals surface area contributed by atoms with Crippen LogP contribution in [0.1, 0.15) is 0 Å². The second-order valence-electron chi connectivity index (χ2n) is 9.42. The molecular formula is C36H27NS. The Morgan fingerprint density at radius 2 is 0.658 bits per heavy atom. The van der Waals surface area contributed by atoms with Crippen LogP contribution in [0.15, 0.2) is 183 Å². The van der Waals surface area contributed by atoms with Crippen LogP contribution in [0.2, 0.25) is 0 Å². The van der Waals surface area contributed by atoms with Crippen molar-refractivity contribution in [1.29, 1.82) is 0 Å². The summed E-state index contributed by atoms with van der Waals surface area (Å²) in [6.07, 6.45) is 0. The van der Waals surface area contributed by atoms with Crippen LogP contribution in [0.5, 0.6) is 0 Å². The molecule has 7 rings (SSSR count). The molecule has 38 heavy (non-hydrogen) atoms. The lowest BCUT2D eigenvalue weighted by Gasteiger charge is -2.42. The summed E-state index contributed by atoms with van der Waals surface area (Å²) in [5.74, 6) is 0. The van der Waals surface area contributed by atoms with E-state index in [4.69, 9.17) is 0 Å². The molecule has 2 heteroatoms. The highest BCUT2D eigenvalue weighted by molar-refractivity contribution is 8.34. The van der Waals surface area contributed by atoms with Crippen LogP contribution in [0.4, 0.5) is 0 Å². The Balaban J connectivity index is 1.49. The highest BCUT2D eigenvalue weighted by Gasteiger charge is 2.33. The van der Waals surface area contributed by atoms with Gasteiger partial charge in [-0.3, -0.25) is 0 Å². The van der Waals surface area contributed by atoms with Crippen LogP contribution in [0.3, 0.4) is 0 Å². The Hall–Kier alpha value is -4.53. The minimum Gasteiger partial charge on any atom is -0.309 e. The minimum atomic E-state index is -1.69. The molecule has 1 heterocycles. The van der Waals surface area contributed by atoms with Crippen molar-refractivity contribution in [2.45, 2.75) is 19.6 Å². The molecular weight excluding hydrogens is 478 g/mol. The van der Waals surface area contributed by atoms with E-state index < -0.39 is 10.0 Å². The van der Waals surface area contributed by atoms with Gasteiger partial charge in [0.2, 0.25) is 0 Å². The lowest BCUT2D eigenvalue weighted by atomic mass is 10.2. The molecule has 7 aromatic rings. The first-order valence-electron chi connectivity index (χ1n) is 12.9. The van der Waals surface area contributed by atoms with Crippen molar-refractivity contribution in [3.8, 4) is 5.69 Å². The molecule has 1 nitrogen and oxygen atoms in total. The number of aromatic nitrogens is 1. The molecule has 0 bridgehead atoms. The maximum absolute atomic E-state index is 2.39. The molecule has 0 N–H and O–H groups in total. The third kappa shape index (κ3) is 3.49. The molecule has 0 atom stereocenters. The van der Waals surface area contributed by atoms with E-state index in [1.807, 2.05) is 0 Å². The molecule has 0 amide bonds. The first-order valence-corrected chi connectivity index (χ1v) is 14.6. The summed E-state index contributed by atoms with van der Waals surface area (Å²) in [4.78, 5) is 5.33. The van der Waals surface area contributed by atoms with Gasteiger partial charge in [-0.2, -0.15) is 0 Å². The van der Waals surface area contributed by atoms with Crippen LogP contribution >= 0.6 is 10.0 Å². The van der Waals surface area contributed by atoms with E-state index >= 15 is 0 Å². The summed E-state index contributed by atoms with van der Waals surface area (Å²) >= 11 is 0. The third-order valence-corrected chi connectivity index (χ3v) is 11.2. The summed E-state index contributed by atoms with van der Waals surface area (Å²) in [5, 5.41) is 2.56.